The molecule has 4 rings (SSSR count). The maximum absolute atomic E-state index is 13.4. The third-order valence-electron chi connectivity index (χ3n) is 5.60. The maximum Gasteiger partial charge on any atom is 0.290 e. The average molecular weight is 359 g/mol. The lowest BCUT2D eigenvalue weighted by atomic mass is 9.77. The molecule has 0 spiro atoms. The number of ether oxygens (including phenoxy) is 1. The van der Waals surface area contributed by atoms with Crippen LogP contribution < -0.4 is 0 Å². The minimum Gasteiger partial charge on any atom is -0.483 e. The van der Waals surface area contributed by atoms with Gasteiger partial charge in [0.15, 0.2) is 11.5 Å². The smallest absolute Gasteiger partial charge is 0.290 e. The van der Waals surface area contributed by atoms with E-state index < -0.39 is 6.04 Å². The molecule has 1 aromatic carbocycles. The summed E-state index contributed by atoms with van der Waals surface area (Å²) in [6.07, 6.45) is 3.75. The number of amides is 1. The fraction of sp³-hybridized carbons (Fsp3) is 0.500. The van der Waals surface area contributed by atoms with Crippen molar-refractivity contribution in [3.05, 3.63) is 47.0 Å². The van der Waals surface area contributed by atoms with Crippen molar-refractivity contribution in [2.24, 2.45) is 5.92 Å². The van der Waals surface area contributed by atoms with Crippen molar-refractivity contribution in [1.82, 2.24) is 4.90 Å². The van der Waals surface area contributed by atoms with Gasteiger partial charge in [-0.1, -0.05) is 18.6 Å². The minimum absolute atomic E-state index is 0.00914. The second kappa shape index (κ2) is 6.83. The van der Waals surface area contributed by atoms with Crippen molar-refractivity contribution in [2.75, 3.05) is 13.2 Å². The second-order valence-electron chi connectivity index (χ2n) is 7.18. The highest BCUT2D eigenvalue weighted by molar-refractivity contribution is 6.11. The van der Waals surface area contributed by atoms with Gasteiger partial charge in [-0.3, -0.25) is 9.59 Å². The topological polar surface area (TPSA) is 66.8 Å². The largest absolute Gasteiger partial charge is 0.483 e. The van der Waals surface area contributed by atoms with E-state index in [0.29, 0.717) is 24.1 Å². The van der Waals surface area contributed by atoms with Crippen LogP contribution in [0.3, 0.4) is 0 Å². The third kappa shape index (κ3) is 2.72. The molecular formula is C20H22FNO4. The number of fused-ring (bicyclic) bond motifs is 1. The Morgan fingerprint density at radius 2 is 1.88 bits per heavy atom. The van der Waals surface area contributed by atoms with E-state index >= 15 is 0 Å². The second-order valence-corrected chi connectivity index (χ2v) is 7.18. The predicted octanol–water partition coefficient (Wildman–Crippen LogP) is 2.50. The molecule has 26 heavy (non-hydrogen) atoms. The molecule has 0 radical (unpaired) electrons. The van der Waals surface area contributed by atoms with Crippen LogP contribution in [0.4, 0.5) is 4.39 Å². The minimum atomic E-state index is -0.569. The summed E-state index contributed by atoms with van der Waals surface area (Å²) in [4.78, 5) is 27.7. The Bertz CT molecular complexity index is 758. The number of carbonyl (C=O) groups is 2. The molecule has 1 aliphatic carbocycles. The van der Waals surface area contributed by atoms with Gasteiger partial charge in [-0.2, -0.15) is 0 Å². The van der Waals surface area contributed by atoms with Crippen LogP contribution in [-0.2, 0) is 14.3 Å². The van der Waals surface area contributed by atoms with Crippen LogP contribution in [0, 0.1) is 11.7 Å². The van der Waals surface area contributed by atoms with E-state index in [1.54, 1.807) is 17.0 Å². The van der Waals surface area contributed by atoms with Crippen molar-refractivity contribution in [3.8, 4) is 0 Å². The zero-order valence-electron chi connectivity index (χ0n) is 14.5. The lowest BCUT2D eigenvalue weighted by molar-refractivity contribution is -0.135. The molecule has 138 valence electrons. The van der Waals surface area contributed by atoms with Crippen molar-refractivity contribution in [3.63, 3.8) is 0 Å². The molecule has 5 nitrogen and oxygen atoms in total. The molecule has 0 saturated heterocycles. The first-order chi connectivity index (χ1) is 12.6. The number of nitrogens with zero attached hydrogens (tertiary/aromatic N) is 1. The molecule has 0 aromatic heterocycles. The SMILES string of the molecule is O=C1C2=C(OC3CCCCC13)C(=O)N(CCCO)C2c1ccc(F)cc1. The number of Topliss-reactive ketones (excluding diaryl/α,β-unsaturated/α-hetero) is 1. The van der Waals surface area contributed by atoms with Crippen LogP contribution in [-0.4, -0.2) is 41.0 Å². The van der Waals surface area contributed by atoms with Gasteiger partial charge in [0.1, 0.15) is 11.9 Å². The van der Waals surface area contributed by atoms with Crippen molar-refractivity contribution >= 4 is 11.7 Å². The highest BCUT2D eigenvalue weighted by Crippen LogP contribution is 2.46. The lowest BCUT2D eigenvalue weighted by Gasteiger charge is -2.35. The van der Waals surface area contributed by atoms with Gasteiger partial charge in [-0.15, -0.1) is 0 Å². The number of aliphatic hydroxyl groups excluding tert-OH is 1. The first-order valence-corrected chi connectivity index (χ1v) is 9.24. The highest BCUT2D eigenvalue weighted by atomic mass is 19.1. The van der Waals surface area contributed by atoms with E-state index in [-0.39, 0.29) is 41.9 Å². The maximum atomic E-state index is 13.4. The van der Waals surface area contributed by atoms with Gasteiger partial charge in [0, 0.05) is 13.2 Å². The molecule has 3 aliphatic rings. The van der Waals surface area contributed by atoms with Crippen LogP contribution in [0.25, 0.3) is 0 Å². The van der Waals surface area contributed by atoms with Crippen molar-refractivity contribution < 1.29 is 23.8 Å². The molecule has 1 amide bonds. The first kappa shape index (κ1) is 17.2. The van der Waals surface area contributed by atoms with E-state index in [4.69, 9.17) is 4.74 Å². The fourth-order valence-corrected chi connectivity index (χ4v) is 4.36. The highest BCUT2D eigenvalue weighted by Gasteiger charge is 2.51. The molecule has 1 aromatic rings. The standard InChI is InChI=1S/C20H22FNO4/c21-13-8-6-12(7-9-13)17-16-18(24)14-4-1-2-5-15(14)26-19(16)20(25)22(17)10-3-11-23/h6-9,14-15,17,23H,1-5,10-11H2. The summed E-state index contributed by atoms with van der Waals surface area (Å²) in [5, 5.41) is 9.19. The summed E-state index contributed by atoms with van der Waals surface area (Å²) in [5.41, 5.74) is 1.09. The van der Waals surface area contributed by atoms with Gasteiger partial charge in [0.2, 0.25) is 0 Å². The lowest BCUT2D eigenvalue weighted by Crippen LogP contribution is -2.39. The summed E-state index contributed by atoms with van der Waals surface area (Å²) in [5.74, 6) is -0.723. The molecule has 2 aliphatic heterocycles. The van der Waals surface area contributed by atoms with Gasteiger partial charge < -0.3 is 14.7 Å². The molecule has 1 fully saturated rings. The Hall–Kier alpha value is -2.21. The molecule has 6 heteroatoms. The van der Waals surface area contributed by atoms with Crippen LogP contribution in [0.2, 0.25) is 0 Å². The number of benzene rings is 1. The van der Waals surface area contributed by atoms with Gasteiger partial charge in [-0.05, 0) is 43.4 Å². The Kier molecular flexibility index (Phi) is 4.53. The van der Waals surface area contributed by atoms with Gasteiger partial charge in [-0.25, -0.2) is 4.39 Å². The number of rotatable bonds is 4. The number of hydrogen-bond acceptors (Lipinski definition) is 4. The molecular weight excluding hydrogens is 337 g/mol. The normalized spacial score (nSPS) is 28.1. The number of halogens is 1. The summed E-state index contributed by atoms with van der Waals surface area (Å²) in [6, 6.07) is 5.31. The zero-order chi connectivity index (χ0) is 18.3. The van der Waals surface area contributed by atoms with E-state index in [1.807, 2.05) is 0 Å². The van der Waals surface area contributed by atoms with E-state index in [2.05, 4.69) is 0 Å². The number of hydrogen-bond donors (Lipinski definition) is 1. The Labute approximate surface area is 151 Å². The molecule has 0 bridgehead atoms. The molecule has 3 unspecified atom stereocenters. The number of ketones is 1. The number of carbonyl (C=O) groups excluding carboxylic acids is 2. The zero-order valence-corrected chi connectivity index (χ0v) is 14.5. The Balaban J connectivity index is 1.76. The Morgan fingerprint density at radius 1 is 1.15 bits per heavy atom. The van der Waals surface area contributed by atoms with Crippen LogP contribution >= 0.6 is 0 Å². The van der Waals surface area contributed by atoms with Crippen LogP contribution in [0.15, 0.2) is 35.6 Å². The number of aliphatic hydroxyl groups is 1. The van der Waals surface area contributed by atoms with Crippen molar-refractivity contribution in [2.45, 2.75) is 44.2 Å². The van der Waals surface area contributed by atoms with Gasteiger partial charge >= 0.3 is 0 Å². The Morgan fingerprint density at radius 3 is 2.62 bits per heavy atom. The molecule has 1 saturated carbocycles. The summed E-state index contributed by atoms with van der Waals surface area (Å²) in [6.45, 7) is 0.265. The van der Waals surface area contributed by atoms with Crippen LogP contribution in [0.1, 0.15) is 43.7 Å². The van der Waals surface area contributed by atoms with E-state index in [1.165, 1.54) is 12.1 Å². The van der Waals surface area contributed by atoms with E-state index in [0.717, 1.165) is 25.7 Å². The predicted molar refractivity (Wildman–Crippen MR) is 91.4 cm³/mol. The molecule has 1 N–H and O–H groups in total. The van der Waals surface area contributed by atoms with Crippen molar-refractivity contribution in [1.29, 1.82) is 0 Å². The van der Waals surface area contributed by atoms with Gasteiger partial charge in [0.05, 0.1) is 17.5 Å². The summed E-state index contributed by atoms with van der Waals surface area (Å²) >= 11 is 0. The first-order valence-electron chi connectivity index (χ1n) is 9.24. The summed E-state index contributed by atoms with van der Waals surface area (Å²) < 4.78 is 19.4. The third-order valence-corrected chi connectivity index (χ3v) is 5.60. The monoisotopic (exact) mass is 359 g/mol. The fourth-order valence-electron chi connectivity index (χ4n) is 4.36. The quantitative estimate of drug-likeness (QED) is 0.897. The van der Waals surface area contributed by atoms with E-state index in [9.17, 15) is 19.1 Å². The molecule has 3 atom stereocenters. The molecule has 2 heterocycles. The average Bonchev–Trinajstić information content (AvgIpc) is 2.93. The van der Waals surface area contributed by atoms with Gasteiger partial charge in [0.25, 0.3) is 5.91 Å². The van der Waals surface area contributed by atoms with Crippen LogP contribution in [0.5, 0.6) is 0 Å². The summed E-state index contributed by atoms with van der Waals surface area (Å²) in [7, 11) is 0.